The minimum atomic E-state index is -0.619. The average molecular weight is 405 g/mol. The molecule has 2 aromatic carbocycles. The van der Waals surface area contributed by atoms with E-state index in [1.807, 2.05) is 69.3 Å². The van der Waals surface area contributed by atoms with Crippen molar-refractivity contribution in [3.05, 3.63) is 71.8 Å². The third-order valence-corrected chi connectivity index (χ3v) is 6.28. The first-order valence-corrected chi connectivity index (χ1v) is 10.4. The number of carbonyl (C=O) groups excluding carboxylic acids is 3. The molecule has 0 aromatic heterocycles. The highest BCUT2D eigenvalue weighted by Gasteiger charge is 2.61. The van der Waals surface area contributed by atoms with E-state index in [4.69, 9.17) is 0 Å². The first kappa shape index (κ1) is 20.1. The lowest BCUT2D eigenvalue weighted by molar-refractivity contribution is -0.129. The van der Waals surface area contributed by atoms with E-state index in [2.05, 4.69) is 0 Å². The van der Waals surface area contributed by atoms with Crippen molar-refractivity contribution >= 4 is 17.8 Å². The van der Waals surface area contributed by atoms with Crippen LogP contribution in [0.3, 0.4) is 0 Å². The Morgan fingerprint density at radius 2 is 1.50 bits per heavy atom. The molecule has 0 aliphatic carbocycles. The van der Waals surface area contributed by atoms with Crippen molar-refractivity contribution in [3.8, 4) is 0 Å². The summed E-state index contributed by atoms with van der Waals surface area (Å²) in [6.45, 7) is 5.94. The van der Waals surface area contributed by atoms with Crippen LogP contribution in [0.5, 0.6) is 0 Å². The number of hydrogen-bond donors (Lipinski definition) is 0. The molecule has 6 heteroatoms. The Bertz CT molecular complexity index is 960. The molecule has 30 heavy (non-hydrogen) atoms. The van der Waals surface area contributed by atoms with Crippen LogP contribution in [-0.4, -0.2) is 57.7 Å². The summed E-state index contributed by atoms with van der Waals surface area (Å²) in [6.07, 6.45) is 0. The monoisotopic (exact) mass is 405 g/mol. The molecule has 0 N–H and O–H groups in total. The number of benzene rings is 2. The second-order valence-electron chi connectivity index (χ2n) is 8.46. The molecule has 2 saturated heterocycles. The Hall–Kier alpha value is -3.15. The summed E-state index contributed by atoms with van der Waals surface area (Å²) in [5, 5.41) is 0. The van der Waals surface area contributed by atoms with Crippen LogP contribution >= 0.6 is 0 Å². The van der Waals surface area contributed by atoms with Gasteiger partial charge in [-0.2, -0.15) is 0 Å². The van der Waals surface area contributed by atoms with Crippen molar-refractivity contribution < 1.29 is 14.4 Å². The van der Waals surface area contributed by atoms with E-state index in [1.165, 1.54) is 4.90 Å². The van der Waals surface area contributed by atoms with E-state index in [-0.39, 0.29) is 41.9 Å². The van der Waals surface area contributed by atoms with Gasteiger partial charge in [0.2, 0.25) is 0 Å². The maximum absolute atomic E-state index is 13.6. The fraction of sp³-hybridized carbons (Fsp3) is 0.375. The zero-order valence-corrected chi connectivity index (χ0v) is 17.7. The smallest absolute Gasteiger partial charge is 0.322 e. The standard InChI is InChI=1S/C24H27N3O3/c1-15(2)19-21(26(19)22(28)18-13-9-6-10-14-18)23(29)27-20(16(3)25(4)24(27)30)17-11-7-5-8-12-17/h5-16,19-21H,1-4H3/t16-,19-,20-,21+,26?/m1/s1. The molecule has 0 saturated carbocycles. The maximum Gasteiger partial charge on any atom is 0.327 e. The minimum absolute atomic E-state index is 0.106. The van der Waals surface area contributed by atoms with E-state index in [1.54, 1.807) is 29.0 Å². The van der Waals surface area contributed by atoms with Gasteiger partial charge in [0.05, 0.1) is 18.1 Å². The number of amides is 4. The van der Waals surface area contributed by atoms with Crippen LogP contribution in [0.1, 0.15) is 42.7 Å². The van der Waals surface area contributed by atoms with Crippen molar-refractivity contribution in [3.63, 3.8) is 0 Å². The van der Waals surface area contributed by atoms with Crippen molar-refractivity contribution in [2.24, 2.45) is 5.92 Å². The van der Waals surface area contributed by atoms with Crippen molar-refractivity contribution in [2.75, 3.05) is 7.05 Å². The van der Waals surface area contributed by atoms with Gasteiger partial charge in [0.25, 0.3) is 11.8 Å². The first-order valence-electron chi connectivity index (χ1n) is 10.4. The molecule has 2 aliphatic heterocycles. The second-order valence-corrected chi connectivity index (χ2v) is 8.46. The van der Waals surface area contributed by atoms with E-state index in [9.17, 15) is 14.4 Å². The largest absolute Gasteiger partial charge is 0.327 e. The number of imide groups is 1. The molecule has 0 spiro atoms. The molecule has 2 aromatic rings. The molecular weight excluding hydrogens is 378 g/mol. The Labute approximate surface area is 177 Å². The molecule has 2 heterocycles. The van der Waals surface area contributed by atoms with Crippen LogP contribution in [0.4, 0.5) is 4.79 Å². The topological polar surface area (TPSA) is 60.7 Å². The van der Waals surface area contributed by atoms with Gasteiger partial charge in [0, 0.05) is 12.6 Å². The molecular formula is C24H27N3O3. The van der Waals surface area contributed by atoms with Gasteiger partial charge in [-0.1, -0.05) is 62.4 Å². The van der Waals surface area contributed by atoms with Gasteiger partial charge in [-0.15, -0.1) is 0 Å². The van der Waals surface area contributed by atoms with Crippen LogP contribution in [-0.2, 0) is 4.79 Å². The van der Waals surface area contributed by atoms with Crippen molar-refractivity contribution in [1.82, 2.24) is 14.7 Å². The molecule has 156 valence electrons. The van der Waals surface area contributed by atoms with Crippen LogP contribution in [0.25, 0.3) is 0 Å². The lowest BCUT2D eigenvalue weighted by atomic mass is 9.99. The van der Waals surface area contributed by atoms with Gasteiger partial charge < -0.3 is 9.80 Å². The average Bonchev–Trinajstić information content (AvgIpc) is 3.47. The summed E-state index contributed by atoms with van der Waals surface area (Å²) in [7, 11) is 1.72. The molecule has 0 unspecified atom stereocenters. The number of urea groups is 1. The lowest BCUT2D eigenvalue weighted by Crippen LogP contribution is -2.41. The molecule has 2 aliphatic rings. The van der Waals surface area contributed by atoms with Crippen LogP contribution < -0.4 is 0 Å². The predicted molar refractivity (Wildman–Crippen MR) is 114 cm³/mol. The Balaban J connectivity index is 1.66. The third kappa shape index (κ3) is 3.16. The van der Waals surface area contributed by atoms with Gasteiger partial charge in [-0.25, -0.2) is 4.79 Å². The van der Waals surface area contributed by atoms with Crippen molar-refractivity contribution in [2.45, 2.75) is 44.9 Å². The zero-order chi connectivity index (χ0) is 21.6. The highest BCUT2D eigenvalue weighted by molar-refractivity contribution is 6.06. The second kappa shape index (κ2) is 7.59. The van der Waals surface area contributed by atoms with Crippen LogP contribution in [0.2, 0.25) is 0 Å². The maximum atomic E-state index is 13.6. The summed E-state index contributed by atoms with van der Waals surface area (Å²) < 4.78 is 0. The Morgan fingerprint density at radius 1 is 0.933 bits per heavy atom. The molecule has 0 bridgehead atoms. The number of nitrogens with zero attached hydrogens (tertiary/aromatic N) is 3. The molecule has 6 nitrogen and oxygen atoms in total. The fourth-order valence-electron chi connectivity index (χ4n) is 4.53. The zero-order valence-electron chi connectivity index (χ0n) is 17.7. The van der Waals surface area contributed by atoms with Gasteiger partial charge in [-0.05, 0) is 30.5 Å². The van der Waals surface area contributed by atoms with E-state index in [0.717, 1.165) is 5.56 Å². The molecule has 4 amide bonds. The van der Waals surface area contributed by atoms with E-state index >= 15 is 0 Å². The van der Waals surface area contributed by atoms with Crippen LogP contribution in [0, 0.1) is 5.92 Å². The first-order chi connectivity index (χ1) is 14.3. The summed E-state index contributed by atoms with van der Waals surface area (Å²) >= 11 is 0. The fourth-order valence-corrected chi connectivity index (χ4v) is 4.53. The van der Waals surface area contributed by atoms with Gasteiger partial charge >= 0.3 is 6.03 Å². The molecule has 0 radical (unpaired) electrons. The molecule has 2 fully saturated rings. The number of carbonyl (C=O) groups is 3. The number of rotatable bonds is 4. The van der Waals surface area contributed by atoms with Gasteiger partial charge in [0.1, 0.15) is 6.04 Å². The van der Waals surface area contributed by atoms with Gasteiger partial charge in [-0.3, -0.25) is 14.5 Å². The highest BCUT2D eigenvalue weighted by atomic mass is 16.2. The summed E-state index contributed by atoms with van der Waals surface area (Å²) in [5.41, 5.74) is 1.47. The lowest BCUT2D eigenvalue weighted by Gasteiger charge is -2.24. The van der Waals surface area contributed by atoms with E-state index in [0.29, 0.717) is 5.56 Å². The quantitative estimate of drug-likeness (QED) is 0.731. The molecule has 4 rings (SSSR count). The van der Waals surface area contributed by atoms with Gasteiger partial charge in [0.15, 0.2) is 0 Å². The third-order valence-electron chi connectivity index (χ3n) is 6.28. The Morgan fingerprint density at radius 3 is 2.07 bits per heavy atom. The summed E-state index contributed by atoms with van der Waals surface area (Å²) in [5.74, 6) is -0.361. The van der Waals surface area contributed by atoms with Crippen LogP contribution in [0.15, 0.2) is 60.7 Å². The number of hydrogen-bond acceptors (Lipinski definition) is 3. The number of likely N-dealkylation sites (N-methyl/N-ethyl adjacent to an activating group) is 1. The predicted octanol–water partition coefficient (Wildman–Crippen LogP) is 3.56. The minimum Gasteiger partial charge on any atom is -0.322 e. The Kier molecular flexibility index (Phi) is 5.10. The summed E-state index contributed by atoms with van der Waals surface area (Å²) in [4.78, 5) is 44.3. The highest BCUT2D eigenvalue weighted by Crippen LogP contribution is 2.42. The summed E-state index contributed by atoms with van der Waals surface area (Å²) in [6, 6.07) is 16.9. The van der Waals surface area contributed by atoms with E-state index < -0.39 is 6.04 Å². The SMILES string of the molecule is CC(C)[C@@H]1[C@@H](C(=O)N2C(=O)N(C)[C@H](C)[C@@H]2c2ccccc2)N1C(=O)c1ccccc1. The van der Waals surface area contributed by atoms with Crippen molar-refractivity contribution in [1.29, 1.82) is 0 Å². The normalized spacial score (nSPS) is 25.8. The molecule has 4 atom stereocenters.